The lowest BCUT2D eigenvalue weighted by Gasteiger charge is -2.06. The van der Waals surface area contributed by atoms with Crippen LogP contribution in [0.15, 0.2) is 47.7 Å². The van der Waals surface area contributed by atoms with Crippen LogP contribution in [-0.2, 0) is 6.54 Å². The van der Waals surface area contributed by atoms with Crippen LogP contribution in [0, 0.1) is 10.1 Å². The molecule has 8 heteroatoms. The summed E-state index contributed by atoms with van der Waals surface area (Å²) < 4.78 is 1.37. The van der Waals surface area contributed by atoms with Crippen molar-refractivity contribution in [3.63, 3.8) is 0 Å². The third-order valence-corrected chi connectivity index (χ3v) is 2.77. The maximum absolute atomic E-state index is 11.8. The first kappa shape index (κ1) is 14.4. The second kappa shape index (κ2) is 6.42. The molecule has 0 aliphatic carbocycles. The third kappa shape index (κ3) is 3.72. The molecule has 0 radical (unpaired) electrons. The number of rotatable bonds is 5. The molecule has 0 saturated heterocycles. The van der Waals surface area contributed by atoms with Gasteiger partial charge in [0.05, 0.1) is 11.3 Å². The van der Waals surface area contributed by atoms with E-state index in [0.29, 0.717) is 12.1 Å². The number of hydrogen-bond donors (Lipinski definition) is 1. The Labute approximate surface area is 119 Å². The highest BCUT2D eigenvalue weighted by molar-refractivity contribution is 5.94. The Balaban J connectivity index is 1.91. The summed E-state index contributed by atoms with van der Waals surface area (Å²) in [5, 5.41) is 13.1. The van der Waals surface area contributed by atoms with Crippen molar-refractivity contribution in [2.75, 3.05) is 6.54 Å². The first-order valence-corrected chi connectivity index (χ1v) is 6.11. The molecule has 0 atom stereocenters. The lowest BCUT2D eigenvalue weighted by atomic mass is 10.2. The van der Waals surface area contributed by atoms with Gasteiger partial charge in [-0.15, -0.1) is 0 Å². The van der Waals surface area contributed by atoms with Crippen molar-refractivity contribution in [2.24, 2.45) is 0 Å². The predicted molar refractivity (Wildman–Crippen MR) is 73.9 cm³/mol. The number of amides is 1. The lowest BCUT2D eigenvalue weighted by Crippen LogP contribution is -2.30. The zero-order valence-corrected chi connectivity index (χ0v) is 10.9. The minimum absolute atomic E-state index is 0.0755. The van der Waals surface area contributed by atoms with Crippen molar-refractivity contribution in [3.8, 4) is 0 Å². The van der Waals surface area contributed by atoms with Crippen LogP contribution in [0.5, 0.6) is 0 Å². The van der Waals surface area contributed by atoms with Crippen LogP contribution in [0.2, 0.25) is 0 Å². The molecule has 1 aromatic heterocycles. The van der Waals surface area contributed by atoms with Gasteiger partial charge in [0.15, 0.2) is 0 Å². The molecule has 1 N–H and O–H groups in total. The third-order valence-electron chi connectivity index (χ3n) is 2.77. The Bertz CT molecular complexity index is 709. The molecule has 1 heterocycles. The summed E-state index contributed by atoms with van der Waals surface area (Å²) >= 11 is 0. The number of nitrogens with zero attached hydrogens (tertiary/aromatic N) is 3. The monoisotopic (exact) mass is 288 g/mol. The number of non-ortho nitro benzene ring substituents is 1. The van der Waals surface area contributed by atoms with Crippen LogP contribution >= 0.6 is 0 Å². The van der Waals surface area contributed by atoms with E-state index in [2.05, 4.69) is 10.3 Å². The molecule has 21 heavy (non-hydrogen) atoms. The Morgan fingerprint density at radius 1 is 1.29 bits per heavy atom. The highest BCUT2D eigenvalue weighted by Crippen LogP contribution is 2.11. The van der Waals surface area contributed by atoms with Crippen molar-refractivity contribution in [1.29, 1.82) is 0 Å². The average molecular weight is 288 g/mol. The van der Waals surface area contributed by atoms with Crippen LogP contribution in [0.4, 0.5) is 5.69 Å². The second-order valence-corrected chi connectivity index (χ2v) is 4.17. The first-order valence-electron chi connectivity index (χ1n) is 6.11. The highest BCUT2D eigenvalue weighted by atomic mass is 16.6. The fraction of sp³-hybridized carbons (Fsp3) is 0.154. The molecule has 0 spiro atoms. The van der Waals surface area contributed by atoms with Crippen LogP contribution in [0.25, 0.3) is 0 Å². The summed E-state index contributed by atoms with van der Waals surface area (Å²) in [6.45, 7) is 0.548. The quantitative estimate of drug-likeness (QED) is 0.639. The van der Waals surface area contributed by atoms with E-state index in [9.17, 15) is 19.7 Å². The van der Waals surface area contributed by atoms with Gasteiger partial charge in [0.1, 0.15) is 0 Å². The van der Waals surface area contributed by atoms with Gasteiger partial charge in [-0.05, 0) is 12.1 Å². The molecule has 0 aliphatic heterocycles. The minimum atomic E-state index is -0.531. The van der Waals surface area contributed by atoms with E-state index in [0.717, 1.165) is 0 Å². The van der Waals surface area contributed by atoms with Gasteiger partial charge in [-0.25, -0.2) is 4.98 Å². The largest absolute Gasteiger partial charge is 0.350 e. The molecule has 8 nitrogen and oxygen atoms in total. The number of benzene rings is 1. The Hall–Kier alpha value is -3.03. The van der Waals surface area contributed by atoms with Crippen molar-refractivity contribution < 1.29 is 9.72 Å². The molecule has 1 aromatic carbocycles. The summed E-state index contributed by atoms with van der Waals surface area (Å²) in [6, 6.07) is 6.62. The van der Waals surface area contributed by atoms with E-state index >= 15 is 0 Å². The van der Waals surface area contributed by atoms with Gasteiger partial charge in [-0.2, -0.15) is 0 Å². The molecule has 0 aliphatic rings. The molecule has 0 saturated carbocycles. The lowest BCUT2D eigenvalue weighted by molar-refractivity contribution is -0.384. The van der Waals surface area contributed by atoms with Gasteiger partial charge >= 0.3 is 0 Å². The van der Waals surface area contributed by atoms with E-state index in [4.69, 9.17) is 0 Å². The minimum Gasteiger partial charge on any atom is -0.350 e. The van der Waals surface area contributed by atoms with Gasteiger partial charge < -0.3 is 5.32 Å². The molecule has 0 bridgehead atoms. The van der Waals surface area contributed by atoms with E-state index < -0.39 is 4.92 Å². The average Bonchev–Trinajstić information content (AvgIpc) is 2.49. The number of carbonyl (C=O) groups excluding carboxylic acids is 1. The SMILES string of the molecule is O=C(NCCn1cnccc1=O)c1ccc([N+](=O)[O-])cc1. The zero-order valence-electron chi connectivity index (χ0n) is 10.9. The summed E-state index contributed by atoms with van der Waals surface area (Å²) in [7, 11) is 0. The number of carbonyl (C=O) groups is 1. The van der Waals surface area contributed by atoms with Gasteiger partial charge in [-0.1, -0.05) is 0 Å². The standard InChI is InChI=1S/C13H12N4O4/c18-12-5-6-14-9-16(12)8-7-15-13(19)10-1-3-11(4-2-10)17(20)21/h1-6,9H,7-8H2,(H,15,19). The molecular weight excluding hydrogens is 276 g/mol. The van der Waals surface area contributed by atoms with Gasteiger partial charge in [0.2, 0.25) is 0 Å². The van der Waals surface area contributed by atoms with Crippen molar-refractivity contribution in [3.05, 3.63) is 68.9 Å². The Morgan fingerprint density at radius 2 is 2.00 bits per heavy atom. The molecule has 2 aromatic rings. The summed E-state index contributed by atoms with van der Waals surface area (Å²) in [6.07, 6.45) is 2.79. The van der Waals surface area contributed by atoms with E-state index in [1.54, 1.807) is 0 Å². The maximum atomic E-state index is 11.8. The smallest absolute Gasteiger partial charge is 0.269 e. The van der Waals surface area contributed by atoms with E-state index in [1.165, 1.54) is 47.4 Å². The normalized spacial score (nSPS) is 10.1. The molecule has 0 unspecified atom stereocenters. The topological polar surface area (TPSA) is 107 Å². The van der Waals surface area contributed by atoms with E-state index in [1.807, 2.05) is 0 Å². The number of nitro groups is 1. The van der Waals surface area contributed by atoms with Crippen molar-refractivity contribution in [1.82, 2.24) is 14.9 Å². The molecule has 108 valence electrons. The zero-order chi connectivity index (χ0) is 15.2. The summed E-state index contributed by atoms with van der Waals surface area (Å²) in [4.78, 5) is 37.0. The van der Waals surface area contributed by atoms with Gasteiger partial charge in [0.25, 0.3) is 17.2 Å². The van der Waals surface area contributed by atoms with Crippen LogP contribution in [0.1, 0.15) is 10.4 Å². The predicted octanol–water partition coefficient (Wildman–Crippen LogP) is 0.581. The van der Waals surface area contributed by atoms with E-state index in [-0.39, 0.29) is 23.7 Å². The summed E-state index contributed by atoms with van der Waals surface area (Å²) in [5.41, 5.74) is 0.0437. The number of hydrogen-bond acceptors (Lipinski definition) is 5. The Kier molecular flexibility index (Phi) is 4.39. The number of nitro benzene ring substituents is 1. The number of nitrogens with one attached hydrogen (secondary N) is 1. The summed E-state index contributed by atoms with van der Waals surface area (Å²) in [5.74, 6) is -0.359. The molecular formula is C13H12N4O4. The van der Waals surface area contributed by atoms with Crippen molar-refractivity contribution >= 4 is 11.6 Å². The van der Waals surface area contributed by atoms with Gasteiger partial charge in [0, 0.05) is 43.0 Å². The maximum Gasteiger partial charge on any atom is 0.269 e. The number of aromatic nitrogens is 2. The van der Waals surface area contributed by atoms with Gasteiger partial charge in [-0.3, -0.25) is 24.3 Å². The van der Waals surface area contributed by atoms with Crippen LogP contribution in [0.3, 0.4) is 0 Å². The molecule has 1 amide bonds. The van der Waals surface area contributed by atoms with Crippen LogP contribution in [-0.4, -0.2) is 26.9 Å². The molecule has 0 fully saturated rings. The Morgan fingerprint density at radius 3 is 2.62 bits per heavy atom. The first-order chi connectivity index (χ1) is 10.1. The second-order valence-electron chi connectivity index (χ2n) is 4.17. The van der Waals surface area contributed by atoms with Crippen LogP contribution < -0.4 is 10.9 Å². The molecule has 2 rings (SSSR count). The fourth-order valence-electron chi connectivity index (χ4n) is 1.67. The fourth-order valence-corrected chi connectivity index (χ4v) is 1.67. The highest BCUT2D eigenvalue weighted by Gasteiger charge is 2.08. The van der Waals surface area contributed by atoms with Crippen molar-refractivity contribution in [2.45, 2.75) is 6.54 Å².